The molecule has 7 nitrogen and oxygen atoms in total. The van der Waals surface area contributed by atoms with E-state index in [0.29, 0.717) is 0 Å². The van der Waals surface area contributed by atoms with E-state index >= 15 is 0 Å². The van der Waals surface area contributed by atoms with Crippen LogP contribution in [0.25, 0.3) is 0 Å². The molecule has 0 amide bonds. The largest absolute Gasteiger partial charge is 0.466 e. The lowest BCUT2D eigenvalue weighted by molar-refractivity contribution is -0.159. The molecule has 0 rings (SSSR count). The van der Waals surface area contributed by atoms with Crippen molar-refractivity contribution in [3.63, 3.8) is 0 Å². The van der Waals surface area contributed by atoms with Gasteiger partial charge in [-0.05, 0) is 13.8 Å². The Bertz CT molecular complexity index is 300. The first-order valence-corrected chi connectivity index (χ1v) is 6.13. The van der Waals surface area contributed by atoms with Crippen LogP contribution < -0.4 is 0 Å². The Morgan fingerprint density at radius 2 is 1.47 bits per heavy atom. The van der Waals surface area contributed by atoms with Crippen LogP contribution >= 0.6 is 0 Å². The van der Waals surface area contributed by atoms with Gasteiger partial charge in [0.1, 0.15) is 6.61 Å². The van der Waals surface area contributed by atoms with Gasteiger partial charge < -0.3 is 19.3 Å². The van der Waals surface area contributed by atoms with E-state index in [1.807, 2.05) is 0 Å². The highest BCUT2D eigenvalue weighted by Crippen LogP contribution is 2.13. The molecule has 0 aliphatic rings. The number of esters is 3. The highest BCUT2D eigenvalue weighted by Gasteiger charge is 2.27. The summed E-state index contributed by atoms with van der Waals surface area (Å²) < 4.78 is 14.2. The van der Waals surface area contributed by atoms with Crippen molar-refractivity contribution in [2.24, 2.45) is 5.92 Å². The lowest BCUT2D eigenvalue weighted by Gasteiger charge is -2.14. The van der Waals surface area contributed by atoms with Crippen LogP contribution in [0, 0.1) is 5.92 Å². The molecule has 0 heterocycles. The predicted molar refractivity (Wildman–Crippen MR) is 64.0 cm³/mol. The molecule has 1 unspecified atom stereocenters. The number of rotatable bonds is 9. The molecule has 0 radical (unpaired) electrons. The van der Waals surface area contributed by atoms with E-state index in [9.17, 15) is 14.4 Å². The summed E-state index contributed by atoms with van der Waals surface area (Å²) in [5, 5.41) is 8.52. The second-order valence-electron chi connectivity index (χ2n) is 3.61. The summed E-state index contributed by atoms with van der Waals surface area (Å²) in [4.78, 5) is 34.3. The molecule has 1 N–H and O–H groups in total. The highest BCUT2D eigenvalue weighted by atomic mass is 16.5. The number of aliphatic hydroxyl groups excluding tert-OH is 1. The van der Waals surface area contributed by atoms with Crippen LogP contribution in [-0.2, 0) is 28.6 Å². The van der Waals surface area contributed by atoms with Gasteiger partial charge in [-0.25, -0.2) is 0 Å². The Kier molecular flexibility index (Phi) is 9.42. The van der Waals surface area contributed by atoms with Crippen LogP contribution in [0.2, 0.25) is 0 Å². The summed E-state index contributed by atoms with van der Waals surface area (Å²) in [5.74, 6) is -2.81. The van der Waals surface area contributed by atoms with Crippen LogP contribution in [0.15, 0.2) is 0 Å². The first kappa shape index (κ1) is 17.4. The average Bonchev–Trinajstić information content (AvgIpc) is 2.36. The molecule has 0 aliphatic carbocycles. The number of carbonyl (C=O) groups is 3. The second-order valence-corrected chi connectivity index (χ2v) is 3.61. The van der Waals surface area contributed by atoms with Gasteiger partial charge in [-0.3, -0.25) is 14.4 Å². The van der Waals surface area contributed by atoms with Crippen molar-refractivity contribution >= 4 is 17.9 Å². The number of aliphatic hydroxyl groups is 1. The van der Waals surface area contributed by atoms with Crippen LogP contribution in [0.3, 0.4) is 0 Å². The topological polar surface area (TPSA) is 99.1 Å². The lowest BCUT2D eigenvalue weighted by Crippen LogP contribution is -2.26. The van der Waals surface area contributed by atoms with Gasteiger partial charge in [-0.15, -0.1) is 0 Å². The van der Waals surface area contributed by atoms with Crippen LogP contribution in [0.5, 0.6) is 0 Å². The van der Waals surface area contributed by atoms with Gasteiger partial charge in [-0.2, -0.15) is 0 Å². The zero-order valence-electron chi connectivity index (χ0n) is 11.2. The Balaban J connectivity index is 4.44. The molecule has 0 aromatic rings. The van der Waals surface area contributed by atoms with Crippen molar-refractivity contribution < 1.29 is 33.7 Å². The summed E-state index contributed by atoms with van der Waals surface area (Å²) in [6.45, 7) is 3.19. The van der Waals surface area contributed by atoms with Gasteiger partial charge in [0, 0.05) is 0 Å². The minimum absolute atomic E-state index is 0.145. The summed E-state index contributed by atoms with van der Waals surface area (Å²) >= 11 is 0. The SMILES string of the molecule is CCOC(=O)CC(CC(=O)OCCO)C(=O)OCC. The fraction of sp³-hybridized carbons (Fsp3) is 0.750. The minimum Gasteiger partial charge on any atom is -0.466 e. The van der Waals surface area contributed by atoms with Gasteiger partial charge in [0.15, 0.2) is 0 Å². The van der Waals surface area contributed by atoms with Gasteiger partial charge in [0.05, 0.1) is 38.6 Å². The van der Waals surface area contributed by atoms with Gasteiger partial charge in [0.2, 0.25) is 0 Å². The van der Waals surface area contributed by atoms with E-state index in [2.05, 4.69) is 4.74 Å². The monoisotopic (exact) mass is 276 g/mol. The fourth-order valence-electron chi connectivity index (χ4n) is 1.34. The zero-order valence-corrected chi connectivity index (χ0v) is 11.2. The van der Waals surface area contributed by atoms with E-state index in [4.69, 9.17) is 14.6 Å². The predicted octanol–water partition coefficient (Wildman–Crippen LogP) is 0.0445. The molecule has 0 fully saturated rings. The molecule has 0 aliphatic heterocycles. The molecular weight excluding hydrogens is 256 g/mol. The maximum absolute atomic E-state index is 11.6. The van der Waals surface area contributed by atoms with E-state index < -0.39 is 23.8 Å². The van der Waals surface area contributed by atoms with E-state index in [1.165, 1.54) is 0 Å². The molecule has 19 heavy (non-hydrogen) atoms. The Morgan fingerprint density at radius 1 is 0.947 bits per heavy atom. The second kappa shape index (κ2) is 10.3. The molecule has 0 saturated carbocycles. The summed E-state index contributed by atoms with van der Waals surface area (Å²) in [6.07, 6.45) is -0.515. The number of ether oxygens (including phenoxy) is 3. The maximum atomic E-state index is 11.6. The summed E-state index contributed by atoms with van der Waals surface area (Å²) in [7, 11) is 0. The third-order valence-corrected chi connectivity index (χ3v) is 2.11. The summed E-state index contributed by atoms with van der Waals surface area (Å²) in [5.41, 5.74) is 0. The maximum Gasteiger partial charge on any atom is 0.310 e. The van der Waals surface area contributed by atoms with E-state index in [-0.39, 0.29) is 39.3 Å². The zero-order chi connectivity index (χ0) is 14.7. The van der Waals surface area contributed by atoms with Crippen molar-refractivity contribution in [1.29, 1.82) is 0 Å². The van der Waals surface area contributed by atoms with Crippen LogP contribution in [0.1, 0.15) is 26.7 Å². The summed E-state index contributed by atoms with van der Waals surface area (Å²) in [6, 6.07) is 0. The molecule has 0 spiro atoms. The molecule has 1 atom stereocenters. The highest BCUT2D eigenvalue weighted by molar-refractivity contribution is 5.84. The third kappa shape index (κ3) is 8.15. The Morgan fingerprint density at radius 3 is 1.95 bits per heavy atom. The van der Waals surface area contributed by atoms with E-state index in [1.54, 1.807) is 13.8 Å². The van der Waals surface area contributed by atoms with Gasteiger partial charge >= 0.3 is 17.9 Å². The quantitative estimate of drug-likeness (QED) is 0.469. The Labute approximate surface area is 111 Å². The van der Waals surface area contributed by atoms with Crippen molar-refractivity contribution in [1.82, 2.24) is 0 Å². The lowest BCUT2D eigenvalue weighted by atomic mass is 10.0. The number of carbonyl (C=O) groups excluding carboxylic acids is 3. The van der Waals surface area contributed by atoms with Crippen molar-refractivity contribution in [2.75, 3.05) is 26.4 Å². The normalized spacial score (nSPS) is 11.5. The average molecular weight is 276 g/mol. The van der Waals surface area contributed by atoms with Crippen molar-refractivity contribution in [2.45, 2.75) is 26.7 Å². The molecule has 0 bridgehead atoms. The number of hydrogen-bond acceptors (Lipinski definition) is 7. The number of hydrogen-bond donors (Lipinski definition) is 1. The molecular formula is C12H20O7. The molecule has 0 saturated heterocycles. The van der Waals surface area contributed by atoms with Crippen LogP contribution in [0.4, 0.5) is 0 Å². The first-order chi connectivity index (χ1) is 9.04. The minimum atomic E-state index is -0.926. The van der Waals surface area contributed by atoms with Crippen LogP contribution in [-0.4, -0.2) is 49.4 Å². The first-order valence-electron chi connectivity index (χ1n) is 6.13. The Hall–Kier alpha value is -1.63. The standard InChI is InChI=1S/C12H20O7/c1-3-17-10(14)7-9(12(16)18-4-2)8-11(15)19-6-5-13/h9,13H,3-8H2,1-2H3. The molecule has 0 aromatic heterocycles. The van der Waals surface area contributed by atoms with Gasteiger partial charge in [-0.1, -0.05) is 0 Å². The van der Waals surface area contributed by atoms with Crippen molar-refractivity contribution in [3.8, 4) is 0 Å². The van der Waals surface area contributed by atoms with Crippen molar-refractivity contribution in [3.05, 3.63) is 0 Å². The smallest absolute Gasteiger partial charge is 0.310 e. The van der Waals surface area contributed by atoms with Gasteiger partial charge in [0.25, 0.3) is 0 Å². The molecule has 0 aromatic carbocycles. The fourth-order valence-corrected chi connectivity index (χ4v) is 1.34. The third-order valence-electron chi connectivity index (χ3n) is 2.11. The molecule has 7 heteroatoms. The van der Waals surface area contributed by atoms with E-state index in [0.717, 1.165) is 0 Å². The molecule has 110 valence electrons.